The Morgan fingerprint density at radius 1 is 1.36 bits per heavy atom. The van der Waals surface area contributed by atoms with E-state index < -0.39 is 15.4 Å². The fourth-order valence-electron chi connectivity index (χ4n) is 3.60. The van der Waals surface area contributed by atoms with Crippen molar-refractivity contribution in [2.24, 2.45) is 0 Å². The van der Waals surface area contributed by atoms with Crippen molar-refractivity contribution in [3.8, 4) is 11.4 Å². The molecular formula is C17H20N4O3S. The Kier molecular flexibility index (Phi) is 4.05. The van der Waals surface area contributed by atoms with E-state index in [0.717, 1.165) is 16.8 Å². The Morgan fingerprint density at radius 3 is 3.00 bits per heavy atom. The van der Waals surface area contributed by atoms with Gasteiger partial charge in [-0.1, -0.05) is 0 Å². The van der Waals surface area contributed by atoms with Crippen molar-refractivity contribution in [3.05, 3.63) is 42.0 Å². The lowest BCUT2D eigenvalue weighted by molar-refractivity contribution is 0.0532. The van der Waals surface area contributed by atoms with Gasteiger partial charge < -0.3 is 4.74 Å². The van der Waals surface area contributed by atoms with Crippen LogP contribution in [0.5, 0.6) is 0 Å². The number of rotatable bonds is 3. The Hall–Kier alpha value is -1.90. The maximum absolute atomic E-state index is 12.3. The molecule has 2 aromatic heterocycles. The van der Waals surface area contributed by atoms with Crippen molar-refractivity contribution in [1.29, 1.82) is 0 Å². The van der Waals surface area contributed by atoms with Crippen LogP contribution in [-0.4, -0.2) is 53.1 Å². The van der Waals surface area contributed by atoms with Gasteiger partial charge in [0, 0.05) is 42.8 Å². The fourth-order valence-corrected chi connectivity index (χ4v) is 4.77. The van der Waals surface area contributed by atoms with Crippen LogP contribution in [0.1, 0.15) is 24.6 Å². The topological polar surface area (TPSA) is 85.3 Å². The number of pyridine rings is 1. The summed E-state index contributed by atoms with van der Waals surface area (Å²) in [5.74, 6) is 0.728. The fraction of sp³-hybridized carbons (Fsp3) is 0.471. The molecular weight excluding hydrogens is 340 g/mol. The molecule has 7 nitrogen and oxygen atoms in total. The van der Waals surface area contributed by atoms with Gasteiger partial charge in [-0.05, 0) is 25.5 Å². The number of ether oxygens (including phenoxy) is 1. The van der Waals surface area contributed by atoms with Crippen molar-refractivity contribution >= 4 is 10.0 Å². The number of aromatic nitrogens is 3. The molecule has 0 amide bonds. The van der Waals surface area contributed by atoms with Crippen molar-refractivity contribution in [1.82, 2.24) is 19.3 Å². The van der Waals surface area contributed by atoms with Crippen LogP contribution in [0, 0.1) is 0 Å². The van der Waals surface area contributed by atoms with E-state index in [1.54, 1.807) is 29.8 Å². The number of hydrogen-bond acceptors (Lipinski definition) is 6. The summed E-state index contributed by atoms with van der Waals surface area (Å²) >= 11 is 0. The van der Waals surface area contributed by atoms with Gasteiger partial charge in [0.25, 0.3) is 0 Å². The lowest BCUT2D eigenvalue weighted by Gasteiger charge is -2.34. The van der Waals surface area contributed by atoms with Crippen LogP contribution in [-0.2, 0) is 26.8 Å². The second-order valence-electron chi connectivity index (χ2n) is 6.57. The molecule has 1 saturated heterocycles. The van der Waals surface area contributed by atoms with E-state index in [-0.39, 0.29) is 5.75 Å². The van der Waals surface area contributed by atoms with Gasteiger partial charge in [-0.25, -0.2) is 22.7 Å². The molecule has 2 aliphatic rings. The minimum absolute atomic E-state index is 0.113. The van der Waals surface area contributed by atoms with Gasteiger partial charge in [-0.2, -0.15) is 0 Å². The van der Waals surface area contributed by atoms with E-state index in [1.807, 2.05) is 12.1 Å². The summed E-state index contributed by atoms with van der Waals surface area (Å²) in [7, 11) is -3.21. The normalized spacial score (nSPS) is 23.7. The van der Waals surface area contributed by atoms with Crippen LogP contribution in [0.25, 0.3) is 11.4 Å². The van der Waals surface area contributed by atoms with Gasteiger partial charge in [0.05, 0.1) is 30.1 Å². The van der Waals surface area contributed by atoms with Gasteiger partial charge in [-0.3, -0.25) is 4.98 Å². The van der Waals surface area contributed by atoms with Crippen LogP contribution in [0.15, 0.2) is 30.7 Å². The largest absolute Gasteiger partial charge is 0.376 e. The zero-order valence-corrected chi connectivity index (χ0v) is 14.9. The van der Waals surface area contributed by atoms with Gasteiger partial charge in [0.15, 0.2) is 5.82 Å². The Morgan fingerprint density at radius 2 is 2.24 bits per heavy atom. The third kappa shape index (κ3) is 2.84. The summed E-state index contributed by atoms with van der Waals surface area (Å²) in [5, 5.41) is 0. The molecule has 0 aliphatic carbocycles. The zero-order chi connectivity index (χ0) is 17.5. The highest BCUT2D eigenvalue weighted by atomic mass is 32.2. The third-order valence-electron chi connectivity index (χ3n) is 5.00. The smallest absolute Gasteiger partial charge is 0.213 e. The number of sulfonamides is 1. The molecule has 1 fully saturated rings. The second kappa shape index (κ2) is 6.12. The summed E-state index contributed by atoms with van der Waals surface area (Å²) in [5.41, 5.74) is 2.31. The summed E-state index contributed by atoms with van der Waals surface area (Å²) < 4.78 is 31.9. The average molecular weight is 360 g/mol. The summed E-state index contributed by atoms with van der Waals surface area (Å²) in [6, 6.07) is 3.77. The second-order valence-corrected chi connectivity index (χ2v) is 8.82. The van der Waals surface area contributed by atoms with Gasteiger partial charge in [-0.15, -0.1) is 0 Å². The summed E-state index contributed by atoms with van der Waals surface area (Å²) in [6.45, 7) is 3.54. The highest BCUT2D eigenvalue weighted by Crippen LogP contribution is 2.40. The highest BCUT2D eigenvalue weighted by Gasteiger charge is 2.47. The van der Waals surface area contributed by atoms with E-state index in [1.165, 1.54) is 0 Å². The first-order valence-electron chi connectivity index (χ1n) is 8.36. The molecule has 132 valence electrons. The molecule has 2 aliphatic heterocycles. The van der Waals surface area contributed by atoms with Crippen LogP contribution in [0.3, 0.4) is 0 Å². The molecule has 25 heavy (non-hydrogen) atoms. The van der Waals surface area contributed by atoms with E-state index in [9.17, 15) is 8.42 Å². The van der Waals surface area contributed by atoms with Crippen molar-refractivity contribution in [2.75, 3.05) is 25.4 Å². The van der Waals surface area contributed by atoms with E-state index in [4.69, 9.17) is 9.72 Å². The number of hydrogen-bond donors (Lipinski definition) is 0. The Balaban J connectivity index is 1.75. The van der Waals surface area contributed by atoms with Crippen molar-refractivity contribution < 1.29 is 13.2 Å². The van der Waals surface area contributed by atoms with Crippen LogP contribution in [0.2, 0.25) is 0 Å². The van der Waals surface area contributed by atoms with E-state index >= 15 is 0 Å². The van der Waals surface area contributed by atoms with Gasteiger partial charge in [0.1, 0.15) is 0 Å². The first kappa shape index (κ1) is 16.6. The van der Waals surface area contributed by atoms with Gasteiger partial charge in [0.2, 0.25) is 10.0 Å². The molecule has 4 rings (SSSR count). The zero-order valence-electron chi connectivity index (χ0n) is 14.1. The van der Waals surface area contributed by atoms with Crippen molar-refractivity contribution in [2.45, 2.75) is 25.4 Å². The monoisotopic (exact) mass is 360 g/mol. The molecule has 1 spiro atoms. The standard InChI is InChI=1S/C17H20N4O3S/c1-2-25(22,23)21-7-5-17(11-21)12-24-10-14-9-19-16(20-15(14)17)13-4-3-6-18-8-13/h3-4,6,8-9H,2,5,7,10-12H2,1H3/t17-/m0/s1. The molecule has 2 aromatic rings. The van der Waals surface area contributed by atoms with Gasteiger partial charge >= 0.3 is 0 Å². The Labute approximate surface area is 147 Å². The summed E-state index contributed by atoms with van der Waals surface area (Å²) in [6.07, 6.45) is 5.95. The minimum Gasteiger partial charge on any atom is -0.376 e. The lowest BCUT2D eigenvalue weighted by Crippen LogP contribution is -2.42. The first-order chi connectivity index (χ1) is 12.0. The minimum atomic E-state index is -3.21. The maximum atomic E-state index is 12.3. The molecule has 0 radical (unpaired) electrons. The van der Waals surface area contributed by atoms with E-state index in [0.29, 0.717) is 38.5 Å². The number of nitrogens with zero attached hydrogens (tertiary/aromatic N) is 4. The van der Waals surface area contributed by atoms with Crippen LogP contribution < -0.4 is 0 Å². The molecule has 1 atom stereocenters. The maximum Gasteiger partial charge on any atom is 0.213 e. The first-order valence-corrected chi connectivity index (χ1v) is 9.97. The molecule has 8 heteroatoms. The molecule has 0 saturated carbocycles. The third-order valence-corrected chi connectivity index (χ3v) is 6.83. The predicted molar refractivity (Wildman–Crippen MR) is 92.2 cm³/mol. The lowest BCUT2D eigenvalue weighted by atomic mass is 9.80. The van der Waals surface area contributed by atoms with Crippen molar-refractivity contribution in [3.63, 3.8) is 0 Å². The SMILES string of the molecule is CCS(=O)(=O)N1CC[C@@]2(COCc3cnc(-c4cccnc4)nc32)C1. The molecule has 0 unspecified atom stereocenters. The summed E-state index contributed by atoms with van der Waals surface area (Å²) in [4.78, 5) is 13.4. The van der Waals surface area contributed by atoms with Crippen LogP contribution >= 0.6 is 0 Å². The Bertz CT molecular complexity index is 888. The highest BCUT2D eigenvalue weighted by molar-refractivity contribution is 7.89. The molecule has 0 aromatic carbocycles. The average Bonchev–Trinajstić information content (AvgIpc) is 3.08. The molecule has 0 N–H and O–H groups in total. The quantitative estimate of drug-likeness (QED) is 0.822. The molecule has 0 bridgehead atoms. The van der Waals surface area contributed by atoms with E-state index in [2.05, 4.69) is 9.97 Å². The molecule has 4 heterocycles. The number of fused-ring (bicyclic) bond motifs is 2. The predicted octanol–water partition coefficient (Wildman–Crippen LogP) is 1.36. The van der Waals surface area contributed by atoms with Crippen LogP contribution in [0.4, 0.5) is 0 Å².